The van der Waals surface area contributed by atoms with Crippen molar-refractivity contribution < 1.29 is 19.0 Å². The molecule has 0 heterocycles. The quantitative estimate of drug-likeness (QED) is 0.839. The average Bonchev–Trinajstić information content (AvgIpc) is 2.35. The van der Waals surface area contributed by atoms with Crippen molar-refractivity contribution in [1.82, 2.24) is 0 Å². The van der Waals surface area contributed by atoms with E-state index in [1.165, 1.54) is 0 Å². The second kappa shape index (κ2) is 6.61. The number of carbonyl (C=O) groups excluding carboxylic acids is 1. The monoisotopic (exact) mass is 281 g/mol. The summed E-state index contributed by atoms with van der Waals surface area (Å²) in [4.78, 5) is 11.8. The third-order valence-corrected chi connectivity index (χ3v) is 2.61. The van der Waals surface area contributed by atoms with Crippen LogP contribution >= 0.6 is 0 Å². The fourth-order valence-electron chi connectivity index (χ4n) is 1.72. The van der Waals surface area contributed by atoms with Crippen LogP contribution in [0.1, 0.15) is 38.8 Å². The fourth-order valence-corrected chi connectivity index (χ4v) is 1.72. The van der Waals surface area contributed by atoms with E-state index in [0.29, 0.717) is 11.5 Å². The predicted octanol–water partition coefficient (Wildman–Crippen LogP) is 2.44. The summed E-state index contributed by atoms with van der Waals surface area (Å²) in [5.41, 5.74) is 6.31. The van der Waals surface area contributed by atoms with Crippen molar-refractivity contribution in [3.8, 4) is 11.5 Å². The minimum absolute atomic E-state index is 0.105. The minimum atomic E-state index is -0.511. The lowest BCUT2D eigenvalue weighted by Gasteiger charge is -2.21. The molecule has 0 amide bonds. The molecular weight excluding hydrogens is 258 g/mol. The number of carbonyl (C=O) groups is 1. The van der Waals surface area contributed by atoms with Crippen LogP contribution in [0, 0.1) is 0 Å². The lowest BCUT2D eigenvalue weighted by Crippen LogP contribution is -2.26. The van der Waals surface area contributed by atoms with Crippen LogP contribution in [0.4, 0.5) is 0 Å². The number of hydrogen-bond acceptors (Lipinski definition) is 5. The standard InChI is InChI=1S/C15H23NO4/c1-15(2,3)20-14(17)9-13(16)10-6-11(18-4)8-12(7-10)19-5/h6-8,13H,9,16H2,1-5H3. The van der Waals surface area contributed by atoms with Crippen molar-refractivity contribution in [2.45, 2.75) is 38.8 Å². The summed E-state index contributed by atoms with van der Waals surface area (Å²) in [6.07, 6.45) is 0.105. The maximum absolute atomic E-state index is 11.8. The molecule has 20 heavy (non-hydrogen) atoms. The molecule has 0 aromatic heterocycles. The summed E-state index contributed by atoms with van der Waals surface area (Å²) in [6, 6.07) is 4.87. The van der Waals surface area contributed by atoms with Crippen LogP contribution in [-0.2, 0) is 9.53 Å². The molecule has 0 radical (unpaired) electrons. The number of nitrogens with two attached hydrogens (primary N) is 1. The van der Waals surface area contributed by atoms with Gasteiger partial charge in [0.2, 0.25) is 0 Å². The van der Waals surface area contributed by atoms with Crippen LogP contribution in [0.2, 0.25) is 0 Å². The molecule has 0 aliphatic carbocycles. The molecule has 0 fully saturated rings. The Morgan fingerprint density at radius 3 is 2.05 bits per heavy atom. The van der Waals surface area contributed by atoms with Crippen LogP contribution in [0.25, 0.3) is 0 Å². The van der Waals surface area contributed by atoms with Gasteiger partial charge in [-0.25, -0.2) is 0 Å². The summed E-state index contributed by atoms with van der Waals surface area (Å²) in [5, 5.41) is 0. The van der Waals surface area contributed by atoms with Gasteiger partial charge in [0.1, 0.15) is 17.1 Å². The Hall–Kier alpha value is -1.75. The zero-order valence-electron chi connectivity index (χ0n) is 12.7. The smallest absolute Gasteiger partial charge is 0.308 e. The van der Waals surface area contributed by atoms with Gasteiger partial charge in [-0.3, -0.25) is 4.79 Å². The van der Waals surface area contributed by atoms with Crippen molar-refractivity contribution in [2.24, 2.45) is 5.73 Å². The summed E-state index contributed by atoms with van der Waals surface area (Å²) in [6.45, 7) is 5.47. The van der Waals surface area contributed by atoms with Gasteiger partial charge in [-0.05, 0) is 38.5 Å². The number of rotatable bonds is 5. The van der Waals surface area contributed by atoms with Crippen LogP contribution < -0.4 is 15.2 Å². The Bertz CT molecular complexity index is 443. The molecular formula is C15H23NO4. The maximum Gasteiger partial charge on any atom is 0.308 e. The summed E-state index contributed by atoms with van der Waals surface area (Å²) >= 11 is 0. The van der Waals surface area contributed by atoms with Gasteiger partial charge >= 0.3 is 5.97 Å². The van der Waals surface area contributed by atoms with Gasteiger partial charge in [-0.1, -0.05) is 0 Å². The van der Waals surface area contributed by atoms with Crippen molar-refractivity contribution in [2.75, 3.05) is 14.2 Å². The van der Waals surface area contributed by atoms with Gasteiger partial charge < -0.3 is 19.9 Å². The average molecular weight is 281 g/mol. The Labute approximate surface area is 120 Å². The van der Waals surface area contributed by atoms with E-state index < -0.39 is 11.6 Å². The van der Waals surface area contributed by atoms with E-state index in [1.807, 2.05) is 20.8 Å². The highest BCUT2D eigenvalue weighted by Gasteiger charge is 2.20. The van der Waals surface area contributed by atoms with Crippen molar-refractivity contribution >= 4 is 5.97 Å². The first-order valence-corrected chi connectivity index (χ1v) is 6.45. The van der Waals surface area contributed by atoms with Crippen molar-refractivity contribution in [1.29, 1.82) is 0 Å². The number of hydrogen-bond donors (Lipinski definition) is 1. The van der Waals surface area contributed by atoms with Crippen molar-refractivity contribution in [3.63, 3.8) is 0 Å². The summed E-state index contributed by atoms with van der Waals surface area (Å²) in [7, 11) is 3.13. The first-order chi connectivity index (χ1) is 9.25. The zero-order valence-corrected chi connectivity index (χ0v) is 12.7. The number of methoxy groups -OCH3 is 2. The van der Waals surface area contributed by atoms with Crippen molar-refractivity contribution in [3.05, 3.63) is 23.8 Å². The molecule has 1 unspecified atom stereocenters. The Balaban J connectivity index is 2.81. The fraction of sp³-hybridized carbons (Fsp3) is 0.533. The molecule has 0 spiro atoms. The maximum atomic E-state index is 11.8. The highest BCUT2D eigenvalue weighted by atomic mass is 16.6. The molecule has 1 rings (SSSR count). The summed E-state index contributed by atoms with van der Waals surface area (Å²) < 4.78 is 15.6. The van der Waals surface area contributed by atoms with E-state index in [1.54, 1.807) is 32.4 Å². The highest BCUT2D eigenvalue weighted by Crippen LogP contribution is 2.27. The molecule has 0 saturated heterocycles. The minimum Gasteiger partial charge on any atom is -0.497 e. The van der Waals surface area contributed by atoms with E-state index >= 15 is 0 Å². The highest BCUT2D eigenvalue weighted by molar-refractivity contribution is 5.71. The molecule has 5 heteroatoms. The number of benzene rings is 1. The van der Waals surface area contributed by atoms with E-state index in [4.69, 9.17) is 19.9 Å². The molecule has 2 N–H and O–H groups in total. The van der Waals surface area contributed by atoms with E-state index in [0.717, 1.165) is 5.56 Å². The van der Waals surface area contributed by atoms with Gasteiger partial charge in [0.15, 0.2) is 0 Å². The second-order valence-electron chi connectivity index (χ2n) is 5.54. The van der Waals surface area contributed by atoms with E-state index in [2.05, 4.69) is 0 Å². The molecule has 1 atom stereocenters. The third kappa shape index (κ3) is 5.09. The Morgan fingerprint density at radius 1 is 1.15 bits per heavy atom. The van der Waals surface area contributed by atoms with Gasteiger partial charge in [0, 0.05) is 12.1 Å². The molecule has 112 valence electrons. The van der Waals surface area contributed by atoms with E-state index in [-0.39, 0.29) is 12.4 Å². The van der Waals surface area contributed by atoms with Crippen LogP contribution in [-0.4, -0.2) is 25.8 Å². The third-order valence-electron chi connectivity index (χ3n) is 2.61. The Morgan fingerprint density at radius 2 is 1.65 bits per heavy atom. The molecule has 1 aromatic carbocycles. The largest absolute Gasteiger partial charge is 0.497 e. The zero-order chi connectivity index (χ0) is 15.3. The predicted molar refractivity (Wildman–Crippen MR) is 76.9 cm³/mol. The van der Waals surface area contributed by atoms with Gasteiger partial charge in [0.25, 0.3) is 0 Å². The second-order valence-corrected chi connectivity index (χ2v) is 5.54. The van der Waals surface area contributed by atoms with Crippen LogP contribution in [0.5, 0.6) is 11.5 Å². The molecule has 0 bridgehead atoms. The van der Waals surface area contributed by atoms with Gasteiger partial charge in [-0.2, -0.15) is 0 Å². The lowest BCUT2D eigenvalue weighted by molar-refractivity contribution is -0.155. The number of ether oxygens (including phenoxy) is 3. The van der Waals surface area contributed by atoms with Gasteiger partial charge in [-0.15, -0.1) is 0 Å². The Kier molecular flexibility index (Phi) is 5.39. The summed E-state index contributed by atoms with van der Waals surface area (Å²) in [5.74, 6) is 0.949. The van der Waals surface area contributed by atoms with E-state index in [9.17, 15) is 4.79 Å². The van der Waals surface area contributed by atoms with Gasteiger partial charge in [0.05, 0.1) is 20.6 Å². The van der Waals surface area contributed by atoms with Crippen LogP contribution in [0.3, 0.4) is 0 Å². The normalized spacial score (nSPS) is 12.7. The molecule has 0 saturated carbocycles. The first kappa shape index (κ1) is 16.3. The molecule has 5 nitrogen and oxygen atoms in total. The molecule has 0 aliphatic rings. The lowest BCUT2D eigenvalue weighted by atomic mass is 10.0. The number of esters is 1. The topological polar surface area (TPSA) is 70.8 Å². The molecule has 1 aromatic rings. The van der Waals surface area contributed by atoms with Crippen LogP contribution in [0.15, 0.2) is 18.2 Å². The molecule has 0 aliphatic heterocycles. The SMILES string of the molecule is COc1cc(OC)cc(C(N)CC(=O)OC(C)(C)C)c1. The first-order valence-electron chi connectivity index (χ1n) is 6.45.